The minimum atomic E-state index is -3.05. The highest BCUT2D eigenvalue weighted by Gasteiger charge is 2.21. The maximum atomic E-state index is 12.3. The molecule has 0 heterocycles. The Bertz CT molecular complexity index is 253. The first-order valence-electron chi connectivity index (χ1n) is 9.26. The van der Waals surface area contributed by atoms with E-state index in [0.717, 1.165) is 25.7 Å². The van der Waals surface area contributed by atoms with Crippen LogP contribution < -0.4 is 5.73 Å². The van der Waals surface area contributed by atoms with E-state index in [1.807, 2.05) is 0 Å². The molecule has 0 fully saturated rings. The molecule has 0 bridgehead atoms. The maximum Gasteiger partial charge on any atom is 0.344 e. The smallest absolute Gasteiger partial charge is 0.320 e. The van der Waals surface area contributed by atoms with E-state index in [0.29, 0.717) is 13.2 Å². The summed E-state index contributed by atoms with van der Waals surface area (Å²) in [5.74, 6) is 0. The second-order valence-corrected chi connectivity index (χ2v) is 8.10. The molecule has 22 heavy (non-hydrogen) atoms. The van der Waals surface area contributed by atoms with E-state index in [1.165, 1.54) is 51.4 Å². The molecule has 0 aromatic rings. The fourth-order valence-corrected chi connectivity index (χ4v) is 3.41. The molecule has 0 saturated carbocycles. The lowest BCUT2D eigenvalue weighted by molar-refractivity contribution is 0.198. The lowest BCUT2D eigenvalue weighted by Crippen LogP contribution is -2.08. The number of hydrogen-bond donors (Lipinski definition) is 1. The topological polar surface area (TPSA) is 61.5 Å². The first kappa shape index (κ1) is 22.1. The van der Waals surface area contributed by atoms with E-state index in [2.05, 4.69) is 13.8 Å². The normalized spacial score (nSPS) is 12.0. The first-order valence-corrected chi connectivity index (χ1v) is 11.0. The van der Waals surface area contributed by atoms with Crippen LogP contribution in [0.1, 0.15) is 90.9 Å². The molecule has 0 atom stereocenters. The Labute approximate surface area is 138 Å². The van der Waals surface area contributed by atoms with Crippen molar-refractivity contribution in [1.29, 1.82) is 0 Å². The van der Waals surface area contributed by atoms with Gasteiger partial charge in [0.05, 0.1) is 19.5 Å². The lowest BCUT2D eigenvalue weighted by Gasteiger charge is -2.16. The fourth-order valence-electron chi connectivity index (χ4n) is 2.31. The van der Waals surface area contributed by atoms with Crippen LogP contribution in [0.5, 0.6) is 0 Å². The molecular formula is C17H38NO3P. The Morgan fingerprint density at radius 1 is 0.682 bits per heavy atom. The van der Waals surface area contributed by atoms with Crippen LogP contribution in [-0.4, -0.2) is 19.5 Å². The summed E-state index contributed by atoms with van der Waals surface area (Å²) in [6.45, 7) is 5.41. The molecule has 0 rings (SSSR count). The third kappa shape index (κ3) is 13.8. The molecule has 2 N–H and O–H groups in total. The number of hydrogen-bond acceptors (Lipinski definition) is 4. The van der Waals surface area contributed by atoms with Crippen LogP contribution in [0.15, 0.2) is 0 Å². The Balaban J connectivity index is 3.57. The Morgan fingerprint density at radius 2 is 1.05 bits per heavy atom. The minimum absolute atomic E-state index is 0.0152. The van der Waals surface area contributed by atoms with E-state index >= 15 is 0 Å². The predicted octanol–water partition coefficient (Wildman–Crippen LogP) is 5.85. The number of nitrogens with two attached hydrogens (primary N) is 1. The molecule has 0 unspecified atom stereocenters. The van der Waals surface area contributed by atoms with Crippen LogP contribution in [0.25, 0.3) is 0 Å². The molecule has 5 heteroatoms. The van der Waals surface area contributed by atoms with Gasteiger partial charge in [-0.25, -0.2) is 0 Å². The highest BCUT2D eigenvalue weighted by Crippen LogP contribution is 2.46. The molecule has 4 nitrogen and oxygen atoms in total. The zero-order valence-corrected chi connectivity index (χ0v) is 15.8. The first-order chi connectivity index (χ1) is 10.7. The van der Waals surface area contributed by atoms with E-state index < -0.39 is 7.60 Å². The van der Waals surface area contributed by atoms with Crippen LogP contribution in [0.3, 0.4) is 0 Å². The van der Waals surface area contributed by atoms with Crippen molar-refractivity contribution in [2.24, 2.45) is 5.73 Å². The van der Waals surface area contributed by atoms with Gasteiger partial charge >= 0.3 is 7.60 Å². The second kappa shape index (κ2) is 16.0. The molecule has 0 radical (unpaired) electrons. The average molecular weight is 335 g/mol. The Morgan fingerprint density at radius 3 is 1.41 bits per heavy atom. The number of rotatable bonds is 17. The zero-order valence-electron chi connectivity index (χ0n) is 14.9. The van der Waals surface area contributed by atoms with E-state index in [-0.39, 0.29) is 6.29 Å². The Hall–Kier alpha value is 0.110. The van der Waals surface area contributed by atoms with Crippen LogP contribution in [0.4, 0.5) is 0 Å². The second-order valence-electron chi connectivity index (χ2n) is 6.00. The molecule has 134 valence electrons. The van der Waals surface area contributed by atoms with E-state index in [9.17, 15) is 4.57 Å². The van der Waals surface area contributed by atoms with Crippen molar-refractivity contribution in [3.05, 3.63) is 0 Å². The van der Waals surface area contributed by atoms with Crippen molar-refractivity contribution in [3.8, 4) is 0 Å². The van der Waals surface area contributed by atoms with Gasteiger partial charge in [0.15, 0.2) is 0 Å². The summed E-state index contributed by atoms with van der Waals surface area (Å²) in [7, 11) is -3.05. The van der Waals surface area contributed by atoms with Crippen LogP contribution in [0.2, 0.25) is 0 Å². The van der Waals surface area contributed by atoms with Crippen molar-refractivity contribution in [2.75, 3.05) is 19.5 Å². The molecule has 0 aromatic heterocycles. The van der Waals surface area contributed by atoms with Gasteiger partial charge in [-0.3, -0.25) is 4.57 Å². The maximum absolute atomic E-state index is 12.3. The monoisotopic (exact) mass is 335 g/mol. The summed E-state index contributed by atoms with van der Waals surface area (Å²) >= 11 is 0. The summed E-state index contributed by atoms with van der Waals surface area (Å²) < 4.78 is 23.2. The summed E-state index contributed by atoms with van der Waals surface area (Å²) in [4.78, 5) is 0. The van der Waals surface area contributed by atoms with Gasteiger partial charge < -0.3 is 14.8 Å². The molecule has 0 amide bonds. The third-order valence-corrected chi connectivity index (χ3v) is 5.39. The van der Waals surface area contributed by atoms with Gasteiger partial charge in [0, 0.05) is 0 Å². The van der Waals surface area contributed by atoms with Gasteiger partial charge in [-0.05, 0) is 12.8 Å². The van der Waals surface area contributed by atoms with Crippen molar-refractivity contribution < 1.29 is 13.6 Å². The van der Waals surface area contributed by atoms with Gasteiger partial charge in [-0.1, -0.05) is 78.1 Å². The van der Waals surface area contributed by atoms with Gasteiger partial charge in [-0.2, -0.15) is 0 Å². The van der Waals surface area contributed by atoms with Crippen LogP contribution in [0, 0.1) is 0 Å². The quantitative estimate of drug-likeness (QED) is 0.267. The molecule has 0 saturated heterocycles. The number of unbranched alkanes of at least 4 members (excludes halogenated alkanes) is 10. The molecule has 0 aromatic carbocycles. The fraction of sp³-hybridized carbons (Fsp3) is 1.00. The summed E-state index contributed by atoms with van der Waals surface area (Å²) in [5, 5.41) is 0. The molecule has 0 aliphatic heterocycles. The van der Waals surface area contributed by atoms with Gasteiger partial charge in [0.2, 0.25) is 0 Å². The average Bonchev–Trinajstić information content (AvgIpc) is 2.53. The molecular weight excluding hydrogens is 297 g/mol. The lowest BCUT2D eigenvalue weighted by atomic mass is 10.1. The summed E-state index contributed by atoms with van der Waals surface area (Å²) in [5.41, 5.74) is 5.55. The van der Waals surface area contributed by atoms with E-state index in [1.54, 1.807) is 0 Å². The standard InChI is InChI=1S/C17H38NO3P/c1-3-5-7-9-11-13-15-20-22(19,17-18)21-16-14-12-10-8-6-4-2/h3-18H2,1-2H3. The molecule has 0 aliphatic rings. The zero-order chi connectivity index (χ0) is 16.5. The SMILES string of the molecule is CCCCCCCCOP(=O)(CN)OCCCCCCCC. The summed E-state index contributed by atoms with van der Waals surface area (Å²) in [6.07, 6.45) is 14.2. The third-order valence-electron chi connectivity index (χ3n) is 3.80. The van der Waals surface area contributed by atoms with E-state index in [4.69, 9.17) is 14.8 Å². The molecule has 0 aliphatic carbocycles. The predicted molar refractivity (Wildman–Crippen MR) is 95.3 cm³/mol. The highest BCUT2D eigenvalue weighted by molar-refractivity contribution is 7.53. The van der Waals surface area contributed by atoms with Crippen molar-refractivity contribution in [2.45, 2.75) is 90.9 Å². The van der Waals surface area contributed by atoms with Crippen molar-refractivity contribution in [1.82, 2.24) is 0 Å². The van der Waals surface area contributed by atoms with Crippen LogP contribution >= 0.6 is 7.60 Å². The van der Waals surface area contributed by atoms with Gasteiger partial charge in [-0.15, -0.1) is 0 Å². The summed E-state index contributed by atoms with van der Waals surface area (Å²) in [6, 6.07) is 0. The van der Waals surface area contributed by atoms with Crippen LogP contribution in [-0.2, 0) is 13.6 Å². The Kier molecular flexibility index (Phi) is 16.1. The van der Waals surface area contributed by atoms with Gasteiger partial charge in [0.25, 0.3) is 0 Å². The van der Waals surface area contributed by atoms with Crippen molar-refractivity contribution in [3.63, 3.8) is 0 Å². The molecule has 0 spiro atoms. The van der Waals surface area contributed by atoms with Gasteiger partial charge in [0.1, 0.15) is 0 Å². The highest BCUT2D eigenvalue weighted by atomic mass is 31.2. The largest absolute Gasteiger partial charge is 0.344 e. The minimum Gasteiger partial charge on any atom is -0.320 e. The van der Waals surface area contributed by atoms with Crippen molar-refractivity contribution >= 4 is 7.60 Å².